The first-order chi connectivity index (χ1) is 9.69. The van der Waals surface area contributed by atoms with Crippen molar-refractivity contribution in [3.05, 3.63) is 48.0 Å². The molecule has 0 spiro atoms. The summed E-state index contributed by atoms with van der Waals surface area (Å²) in [6.45, 7) is 0.191. The molecule has 0 radical (unpaired) electrons. The lowest BCUT2D eigenvalue weighted by Crippen LogP contribution is -2.36. The van der Waals surface area contributed by atoms with E-state index in [0.29, 0.717) is 11.3 Å². The summed E-state index contributed by atoms with van der Waals surface area (Å²) in [5, 5.41) is 12.0. The molecule has 5 heteroatoms. The zero-order chi connectivity index (χ0) is 14.1. The Morgan fingerprint density at radius 3 is 2.85 bits per heavy atom. The topological polar surface area (TPSA) is 82.2 Å². The Hall–Kier alpha value is -3.00. The number of hydrogen-bond acceptors (Lipinski definition) is 4. The number of nitrogens with one attached hydrogen (secondary N) is 1. The van der Waals surface area contributed by atoms with Gasteiger partial charge in [-0.15, -0.1) is 0 Å². The molecule has 3 N–H and O–H groups in total. The van der Waals surface area contributed by atoms with Crippen LogP contribution in [-0.4, -0.2) is 12.5 Å². The zero-order valence-corrected chi connectivity index (χ0v) is 10.6. The molecule has 0 aliphatic carbocycles. The first kappa shape index (κ1) is 12.1. The van der Waals surface area contributed by atoms with Gasteiger partial charge in [0.05, 0.1) is 35.2 Å². The van der Waals surface area contributed by atoms with Gasteiger partial charge < -0.3 is 11.1 Å². The zero-order valence-electron chi connectivity index (χ0n) is 10.6. The lowest BCUT2D eigenvalue weighted by molar-refractivity contribution is -0.116. The van der Waals surface area contributed by atoms with Crippen LogP contribution in [0.5, 0.6) is 0 Å². The van der Waals surface area contributed by atoms with Crippen LogP contribution in [0.25, 0.3) is 0 Å². The van der Waals surface area contributed by atoms with E-state index in [9.17, 15) is 4.79 Å². The normalized spacial score (nSPS) is 13.3. The van der Waals surface area contributed by atoms with Crippen molar-refractivity contribution >= 4 is 28.7 Å². The molecule has 5 nitrogen and oxygen atoms in total. The molecule has 0 aromatic heterocycles. The number of fused-ring (bicyclic) bond motifs is 1. The molecule has 2 aromatic carbocycles. The van der Waals surface area contributed by atoms with Crippen molar-refractivity contribution in [3.63, 3.8) is 0 Å². The fraction of sp³-hybridized carbons (Fsp3) is 0.0667. The number of benzene rings is 2. The van der Waals surface area contributed by atoms with Crippen LogP contribution in [0.2, 0.25) is 0 Å². The Morgan fingerprint density at radius 1 is 1.25 bits per heavy atom. The van der Waals surface area contributed by atoms with E-state index in [1.807, 2.05) is 12.1 Å². The summed E-state index contributed by atoms with van der Waals surface area (Å²) >= 11 is 0. The number of nitrogens with two attached hydrogens (primary N) is 1. The highest BCUT2D eigenvalue weighted by atomic mass is 16.2. The molecule has 3 rings (SSSR count). The Kier molecular flexibility index (Phi) is 2.77. The highest BCUT2D eigenvalue weighted by Crippen LogP contribution is 2.36. The van der Waals surface area contributed by atoms with Gasteiger partial charge >= 0.3 is 0 Å². The molecule has 1 amide bonds. The first-order valence-electron chi connectivity index (χ1n) is 6.15. The third kappa shape index (κ3) is 1.93. The van der Waals surface area contributed by atoms with Crippen LogP contribution >= 0.6 is 0 Å². The van der Waals surface area contributed by atoms with E-state index in [-0.39, 0.29) is 12.5 Å². The van der Waals surface area contributed by atoms with Crippen LogP contribution in [0.15, 0.2) is 42.5 Å². The van der Waals surface area contributed by atoms with Gasteiger partial charge in [0.15, 0.2) is 0 Å². The molecule has 0 saturated carbocycles. The second-order valence-corrected chi connectivity index (χ2v) is 4.52. The van der Waals surface area contributed by atoms with E-state index in [1.165, 1.54) is 0 Å². The van der Waals surface area contributed by atoms with E-state index in [4.69, 9.17) is 11.0 Å². The second-order valence-electron chi connectivity index (χ2n) is 4.52. The van der Waals surface area contributed by atoms with Crippen LogP contribution in [0, 0.1) is 11.3 Å². The van der Waals surface area contributed by atoms with Gasteiger partial charge in [-0.2, -0.15) is 5.26 Å². The standard InChI is InChI=1S/C15H12N4O/c16-8-10-4-5-14-13(6-10)18-9-15(20)19(14)12-3-1-2-11(17)7-12/h1-7,18H,9,17H2. The summed E-state index contributed by atoms with van der Waals surface area (Å²) in [5.74, 6) is -0.0622. The smallest absolute Gasteiger partial charge is 0.250 e. The minimum absolute atomic E-state index is 0.0622. The molecule has 1 aliphatic heterocycles. The average molecular weight is 264 g/mol. The van der Waals surface area contributed by atoms with Gasteiger partial charge in [-0.25, -0.2) is 0 Å². The molecular formula is C15H12N4O. The number of hydrogen-bond donors (Lipinski definition) is 2. The molecule has 20 heavy (non-hydrogen) atoms. The number of nitrogen functional groups attached to an aromatic ring is 1. The molecular weight excluding hydrogens is 252 g/mol. The fourth-order valence-corrected chi connectivity index (χ4v) is 2.27. The number of nitrogens with zero attached hydrogens (tertiary/aromatic N) is 2. The van der Waals surface area contributed by atoms with Crippen molar-refractivity contribution in [2.45, 2.75) is 0 Å². The molecule has 0 atom stereocenters. The van der Waals surface area contributed by atoms with Gasteiger partial charge in [0, 0.05) is 5.69 Å². The maximum atomic E-state index is 12.2. The molecule has 0 unspecified atom stereocenters. The number of carbonyl (C=O) groups is 1. The van der Waals surface area contributed by atoms with E-state index < -0.39 is 0 Å². The SMILES string of the molecule is N#Cc1ccc2c(c1)NCC(=O)N2c1cccc(N)c1. The minimum Gasteiger partial charge on any atom is -0.399 e. The highest BCUT2D eigenvalue weighted by Gasteiger charge is 2.25. The number of carbonyl (C=O) groups excluding carboxylic acids is 1. The largest absolute Gasteiger partial charge is 0.399 e. The molecule has 0 fully saturated rings. The summed E-state index contributed by atoms with van der Waals surface area (Å²) in [4.78, 5) is 13.8. The molecule has 0 saturated heterocycles. The Bertz CT molecular complexity index is 733. The van der Waals surface area contributed by atoms with Crippen molar-refractivity contribution in [2.75, 3.05) is 22.5 Å². The predicted octanol–water partition coefficient (Wildman–Crippen LogP) is 2.23. The summed E-state index contributed by atoms with van der Waals surface area (Å²) in [6.07, 6.45) is 0. The summed E-state index contributed by atoms with van der Waals surface area (Å²) in [7, 11) is 0. The number of anilines is 4. The molecule has 2 aromatic rings. The average Bonchev–Trinajstić information content (AvgIpc) is 2.46. The van der Waals surface area contributed by atoms with E-state index in [1.54, 1.807) is 35.2 Å². The third-order valence-electron chi connectivity index (χ3n) is 3.17. The molecule has 1 aliphatic rings. The van der Waals surface area contributed by atoms with Crippen LogP contribution in [0.3, 0.4) is 0 Å². The molecule has 98 valence electrons. The van der Waals surface area contributed by atoms with Gasteiger partial charge in [0.2, 0.25) is 0 Å². The molecule has 1 heterocycles. The maximum absolute atomic E-state index is 12.2. The van der Waals surface area contributed by atoms with Gasteiger partial charge in [-0.05, 0) is 36.4 Å². The quantitative estimate of drug-likeness (QED) is 0.774. The summed E-state index contributed by atoms with van der Waals surface area (Å²) < 4.78 is 0. The Labute approximate surface area is 116 Å². The predicted molar refractivity (Wildman–Crippen MR) is 77.6 cm³/mol. The van der Waals surface area contributed by atoms with E-state index >= 15 is 0 Å². The monoisotopic (exact) mass is 264 g/mol. The number of nitriles is 1. The van der Waals surface area contributed by atoms with E-state index in [2.05, 4.69) is 11.4 Å². The summed E-state index contributed by atoms with van der Waals surface area (Å²) in [6, 6.07) is 14.5. The van der Waals surface area contributed by atoms with Gasteiger partial charge in [0.25, 0.3) is 5.91 Å². The third-order valence-corrected chi connectivity index (χ3v) is 3.17. The first-order valence-corrected chi connectivity index (χ1v) is 6.15. The van der Waals surface area contributed by atoms with Crippen LogP contribution in [0.1, 0.15) is 5.56 Å². The van der Waals surface area contributed by atoms with Gasteiger partial charge in [0.1, 0.15) is 0 Å². The van der Waals surface area contributed by atoms with Crippen LogP contribution in [0.4, 0.5) is 22.7 Å². The van der Waals surface area contributed by atoms with Crippen molar-refractivity contribution < 1.29 is 4.79 Å². The highest BCUT2D eigenvalue weighted by molar-refractivity contribution is 6.08. The van der Waals surface area contributed by atoms with E-state index in [0.717, 1.165) is 17.1 Å². The Balaban J connectivity index is 2.13. The fourth-order valence-electron chi connectivity index (χ4n) is 2.27. The number of rotatable bonds is 1. The van der Waals surface area contributed by atoms with Crippen molar-refractivity contribution in [2.24, 2.45) is 0 Å². The van der Waals surface area contributed by atoms with Crippen molar-refractivity contribution in [1.29, 1.82) is 5.26 Å². The van der Waals surface area contributed by atoms with Crippen LogP contribution < -0.4 is 16.0 Å². The van der Waals surface area contributed by atoms with Crippen molar-refractivity contribution in [3.8, 4) is 6.07 Å². The van der Waals surface area contributed by atoms with Gasteiger partial charge in [-0.3, -0.25) is 9.69 Å². The lowest BCUT2D eigenvalue weighted by Gasteiger charge is -2.30. The maximum Gasteiger partial charge on any atom is 0.250 e. The van der Waals surface area contributed by atoms with Gasteiger partial charge in [-0.1, -0.05) is 6.07 Å². The Morgan fingerprint density at radius 2 is 2.10 bits per heavy atom. The summed E-state index contributed by atoms with van der Waals surface area (Å²) in [5.41, 5.74) is 9.16. The van der Waals surface area contributed by atoms with Crippen molar-refractivity contribution in [1.82, 2.24) is 0 Å². The second kappa shape index (κ2) is 4.59. The minimum atomic E-state index is -0.0622. The molecule has 0 bridgehead atoms. The lowest BCUT2D eigenvalue weighted by atomic mass is 10.1. The number of amides is 1. The van der Waals surface area contributed by atoms with Crippen LogP contribution in [-0.2, 0) is 4.79 Å².